The number of aliphatic hydroxyl groups is 1. The third kappa shape index (κ3) is 5.22. The number of aryl methyl sites for hydroxylation is 1. The van der Waals surface area contributed by atoms with Gasteiger partial charge in [0.2, 0.25) is 0 Å². The molecule has 1 aliphatic heterocycles. The van der Waals surface area contributed by atoms with Gasteiger partial charge in [0.05, 0.1) is 36.4 Å². The number of rotatable bonds is 7. The van der Waals surface area contributed by atoms with Crippen LogP contribution in [0.25, 0.3) is 5.76 Å². The van der Waals surface area contributed by atoms with Gasteiger partial charge in [-0.05, 0) is 60.5 Å². The number of hydrogen-bond acceptors (Lipinski definition) is 6. The van der Waals surface area contributed by atoms with Crippen LogP contribution in [0.4, 0.5) is 5.69 Å². The van der Waals surface area contributed by atoms with Crippen molar-refractivity contribution in [3.63, 3.8) is 0 Å². The molecule has 1 heterocycles. The minimum absolute atomic E-state index is 0.00627. The minimum atomic E-state index is -1.01. The number of carbonyl (C=O) groups excluding carboxylic acids is 2. The zero-order chi connectivity index (χ0) is 29.3. The lowest BCUT2D eigenvalue weighted by molar-refractivity contribution is -0.132. The van der Waals surface area contributed by atoms with Crippen LogP contribution < -0.4 is 19.1 Å². The highest BCUT2D eigenvalue weighted by Crippen LogP contribution is 2.48. The molecule has 1 fully saturated rings. The Morgan fingerprint density at radius 1 is 0.829 bits per heavy atom. The van der Waals surface area contributed by atoms with Gasteiger partial charge in [-0.25, -0.2) is 0 Å². The third-order valence-corrected chi connectivity index (χ3v) is 7.30. The van der Waals surface area contributed by atoms with Crippen molar-refractivity contribution in [2.45, 2.75) is 13.0 Å². The summed E-state index contributed by atoms with van der Waals surface area (Å²) in [6.07, 6.45) is 0. The highest BCUT2D eigenvalue weighted by Gasteiger charge is 2.47. The summed E-state index contributed by atoms with van der Waals surface area (Å²) in [5, 5.41) is 11.8. The van der Waals surface area contributed by atoms with Crippen molar-refractivity contribution < 1.29 is 28.9 Å². The summed E-state index contributed by atoms with van der Waals surface area (Å²) in [6, 6.07) is 23.8. The summed E-state index contributed by atoms with van der Waals surface area (Å²) in [5.41, 5.74) is 1.78. The highest BCUT2D eigenvalue weighted by atomic mass is 35.5. The summed E-state index contributed by atoms with van der Waals surface area (Å²) in [6.45, 7) is 1.88. The Labute approximate surface area is 247 Å². The van der Waals surface area contributed by atoms with Crippen molar-refractivity contribution in [3.05, 3.63) is 117 Å². The van der Waals surface area contributed by atoms with Crippen molar-refractivity contribution in [2.75, 3.05) is 19.1 Å². The van der Waals surface area contributed by atoms with Crippen LogP contribution in [0.1, 0.15) is 22.7 Å². The number of ether oxygens (including phenoxy) is 3. The van der Waals surface area contributed by atoms with Crippen LogP contribution in [0.5, 0.6) is 23.0 Å². The molecule has 0 spiro atoms. The van der Waals surface area contributed by atoms with E-state index < -0.39 is 23.5 Å². The second kappa shape index (κ2) is 11.6. The minimum Gasteiger partial charge on any atom is -0.507 e. The van der Waals surface area contributed by atoms with E-state index in [0.717, 1.165) is 5.56 Å². The molecule has 1 saturated heterocycles. The maximum Gasteiger partial charge on any atom is 0.300 e. The maximum atomic E-state index is 13.7. The average Bonchev–Trinajstić information content (AvgIpc) is 3.23. The van der Waals surface area contributed by atoms with E-state index >= 15 is 0 Å². The second-order valence-corrected chi connectivity index (χ2v) is 10.1. The van der Waals surface area contributed by atoms with Gasteiger partial charge in [0, 0.05) is 5.69 Å². The molecule has 1 unspecified atom stereocenters. The molecular formula is C32H25Cl2NO6. The Kier molecular flexibility index (Phi) is 7.92. The first-order valence-corrected chi connectivity index (χ1v) is 13.3. The van der Waals surface area contributed by atoms with Crippen molar-refractivity contribution in [3.8, 4) is 23.0 Å². The lowest BCUT2D eigenvalue weighted by Crippen LogP contribution is -2.29. The van der Waals surface area contributed by atoms with Gasteiger partial charge in [-0.3, -0.25) is 14.5 Å². The smallest absolute Gasteiger partial charge is 0.300 e. The summed E-state index contributed by atoms with van der Waals surface area (Å²) < 4.78 is 16.8. The number of ketones is 1. The lowest BCUT2D eigenvalue weighted by atomic mass is 9.94. The van der Waals surface area contributed by atoms with Crippen LogP contribution >= 0.6 is 23.2 Å². The number of Topliss-reactive ketones (excluding diaryl/α,β-unsaturated/α-hetero) is 1. The fraction of sp³-hybridized carbons (Fsp3) is 0.125. The molecule has 0 aromatic heterocycles. The molecule has 9 heteroatoms. The Hall–Kier alpha value is -4.46. The molecule has 5 rings (SSSR count). The Bertz CT molecular complexity index is 1690. The van der Waals surface area contributed by atoms with E-state index in [0.29, 0.717) is 22.7 Å². The summed E-state index contributed by atoms with van der Waals surface area (Å²) in [4.78, 5) is 28.6. The molecule has 0 bridgehead atoms. The topological polar surface area (TPSA) is 85.3 Å². The van der Waals surface area contributed by atoms with E-state index in [1.165, 1.54) is 25.2 Å². The summed E-state index contributed by atoms with van der Waals surface area (Å²) in [5.74, 6) is -0.909. The first-order valence-electron chi connectivity index (χ1n) is 12.6. The van der Waals surface area contributed by atoms with E-state index in [-0.39, 0.29) is 32.7 Å². The molecule has 4 aromatic rings. The zero-order valence-electron chi connectivity index (χ0n) is 22.4. The van der Waals surface area contributed by atoms with Crippen molar-refractivity contribution in [2.24, 2.45) is 0 Å². The van der Waals surface area contributed by atoms with Gasteiger partial charge in [0.25, 0.3) is 11.7 Å². The molecule has 1 aliphatic rings. The zero-order valence-corrected chi connectivity index (χ0v) is 23.9. The number of aliphatic hydroxyl groups excluding tert-OH is 1. The third-order valence-electron chi connectivity index (χ3n) is 6.67. The number of amides is 1. The van der Waals surface area contributed by atoms with Gasteiger partial charge in [-0.2, -0.15) is 0 Å². The largest absolute Gasteiger partial charge is 0.507 e. The molecule has 0 aliphatic carbocycles. The second-order valence-electron chi connectivity index (χ2n) is 9.28. The van der Waals surface area contributed by atoms with E-state index in [1.54, 1.807) is 42.5 Å². The van der Waals surface area contributed by atoms with E-state index in [9.17, 15) is 14.7 Å². The molecule has 1 amide bonds. The molecule has 208 valence electrons. The number of carbonyl (C=O) groups is 2. The van der Waals surface area contributed by atoms with Gasteiger partial charge in [0.1, 0.15) is 22.3 Å². The van der Waals surface area contributed by atoms with E-state index in [1.807, 2.05) is 43.3 Å². The van der Waals surface area contributed by atoms with Crippen LogP contribution in [0.15, 0.2) is 90.5 Å². The number of anilines is 1. The van der Waals surface area contributed by atoms with E-state index in [2.05, 4.69) is 0 Å². The molecule has 7 nitrogen and oxygen atoms in total. The van der Waals surface area contributed by atoms with Gasteiger partial charge >= 0.3 is 0 Å². The van der Waals surface area contributed by atoms with Gasteiger partial charge in [0.15, 0.2) is 11.5 Å². The molecular weight excluding hydrogens is 565 g/mol. The van der Waals surface area contributed by atoms with Crippen LogP contribution in [-0.2, 0) is 9.59 Å². The molecule has 1 atom stereocenters. The number of nitrogens with zero attached hydrogens (tertiary/aromatic N) is 1. The SMILES string of the molecule is COc1c(Cl)cc(/C(O)=C2\C(=O)C(=O)N(c3cccc(C)c3)C2c2cccc(Oc3ccccc3)c2)c(OC)c1Cl. The lowest BCUT2D eigenvalue weighted by Gasteiger charge is -2.26. The molecule has 0 radical (unpaired) electrons. The molecule has 41 heavy (non-hydrogen) atoms. The fourth-order valence-corrected chi connectivity index (χ4v) is 5.54. The monoisotopic (exact) mass is 589 g/mol. The van der Waals surface area contributed by atoms with Crippen LogP contribution in [0.2, 0.25) is 10.0 Å². The first-order chi connectivity index (χ1) is 19.7. The summed E-state index contributed by atoms with van der Waals surface area (Å²) >= 11 is 12.9. The van der Waals surface area contributed by atoms with Crippen LogP contribution in [-0.4, -0.2) is 31.0 Å². The van der Waals surface area contributed by atoms with Crippen LogP contribution in [0.3, 0.4) is 0 Å². The normalized spacial score (nSPS) is 16.1. The van der Waals surface area contributed by atoms with Crippen LogP contribution in [0, 0.1) is 6.92 Å². The van der Waals surface area contributed by atoms with E-state index in [4.69, 9.17) is 37.4 Å². The molecule has 1 N–H and O–H groups in total. The van der Waals surface area contributed by atoms with Crippen molar-refractivity contribution in [1.82, 2.24) is 0 Å². The standard InChI is InChI=1S/C32H25Cl2NO6/c1-18-9-7-11-20(15-18)35-27(19-10-8-14-22(16-19)41-21-12-5-4-6-13-21)25(29(37)32(35)38)28(36)23-17-24(33)31(40-3)26(34)30(23)39-2/h4-17,27,36H,1-3H3/b28-25+. The Morgan fingerprint density at radius 2 is 1.51 bits per heavy atom. The van der Waals surface area contributed by atoms with Gasteiger partial charge in [-0.1, -0.05) is 65.7 Å². The maximum absolute atomic E-state index is 13.7. The Morgan fingerprint density at radius 3 is 2.20 bits per heavy atom. The van der Waals surface area contributed by atoms with Gasteiger partial charge in [-0.15, -0.1) is 0 Å². The summed E-state index contributed by atoms with van der Waals surface area (Å²) in [7, 11) is 2.75. The number of hydrogen-bond donors (Lipinski definition) is 1. The number of benzene rings is 4. The van der Waals surface area contributed by atoms with Crippen molar-refractivity contribution >= 4 is 46.3 Å². The first kappa shape index (κ1) is 28.1. The van der Waals surface area contributed by atoms with Gasteiger partial charge < -0.3 is 19.3 Å². The van der Waals surface area contributed by atoms with Crippen molar-refractivity contribution in [1.29, 1.82) is 0 Å². The Balaban J connectivity index is 1.74. The average molecular weight is 590 g/mol. The molecule has 0 saturated carbocycles. The quantitative estimate of drug-likeness (QED) is 0.135. The highest BCUT2D eigenvalue weighted by molar-refractivity contribution is 6.52. The fourth-order valence-electron chi connectivity index (χ4n) is 4.86. The predicted molar refractivity (Wildman–Crippen MR) is 158 cm³/mol. The number of para-hydroxylation sites is 1. The molecule has 4 aromatic carbocycles. The number of halogens is 2. The number of methoxy groups -OCH3 is 2. The predicted octanol–water partition coefficient (Wildman–Crippen LogP) is 7.74.